The molecule has 214 valence electrons. The third kappa shape index (κ3) is 5.97. The average molecular weight is 562 g/mol. The van der Waals surface area contributed by atoms with Crippen molar-refractivity contribution in [2.24, 2.45) is 5.92 Å². The lowest BCUT2D eigenvalue weighted by molar-refractivity contribution is -0.148. The van der Waals surface area contributed by atoms with Crippen molar-refractivity contribution in [2.75, 3.05) is 23.7 Å². The molecular weight excluding hydrogens is 528 g/mol. The molecule has 5 rings (SSSR count). The largest absolute Gasteiger partial charge is 0.325 e. The van der Waals surface area contributed by atoms with Gasteiger partial charge in [0.2, 0.25) is 17.7 Å². The molecule has 3 N–H and O–H groups in total. The number of carbonyl (C=O) groups is 3. The van der Waals surface area contributed by atoms with E-state index in [4.69, 9.17) is 0 Å². The predicted octanol–water partition coefficient (Wildman–Crippen LogP) is 4.38. The van der Waals surface area contributed by atoms with E-state index in [1.54, 1.807) is 30.5 Å². The lowest BCUT2D eigenvalue weighted by Gasteiger charge is -2.46. The Bertz CT molecular complexity index is 1440. The van der Waals surface area contributed by atoms with E-state index >= 15 is 0 Å². The monoisotopic (exact) mass is 561 g/mol. The van der Waals surface area contributed by atoms with Gasteiger partial charge in [-0.25, -0.2) is 13.8 Å². The van der Waals surface area contributed by atoms with Crippen LogP contribution in [0.25, 0.3) is 0 Å². The average Bonchev–Trinajstić information content (AvgIpc) is 3.38. The number of fused-ring (bicyclic) bond motifs is 1. The summed E-state index contributed by atoms with van der Waals surface area (Å²) in [6, 6.07) is 13.3. The molecule has 0 radical (unpaired) electrons. The molecule has 2 aromatic carbocycles. The van der Waals surface area contributed by atoms with Gasteiger partial charge in [-0.3, -0.25) is 14.4 Å². The van der Waals surface area contributed by atoms with E-state index in [9.17, 15) is 23.2 Å². The summed E-state index contributed by atoms with van der Waals surface area (Å²) in [5, 5.41) is 8.99. The number of carbonyl (C=O) groups excluding carboxylic acids is 3. The van der Waals surface area contributed by atoms with Crippen molar-refractivity contribution >= 4 is 29.2 Å². The molecule has 1 aliphatic carbocycles. The number of nitrogens with zero attached hydrogens (tertiary/aromatic N) is 2. The lowest BCUT2D eigenvalue weighted by Crippen LogP contribution is -2.65. The number of rotatable bonds is 8. The van der Waals surface area contributed by atoms with Crippen molar-refractivity contribution in [1.29, 1.82) is 0 Å². The summed E-state index contributed by atoms with van der Waals surface area (Å²) < 4.78 is 28.1. The highest BCUT2D eigenvalue weighted by atomic mass is 19.1. The topological polar surface area (TPSA) is 103 Å². The maximum atomic E-state index is 14.1. The molecule has 1 aromatic heterocycles. The minimum Gasteiger partial charge on any atom is -0.325 e. The van der Waals surface area contributed by atoms with Crippen molar-refractivity contribution < 1.29 is 23.2 Å². The fraction of sp³-hybridized carbons (Fsp3) is 0.355. The molecule has 8 nitrogen and oxygen atoms in total. The number of pyridine rings is 1. The van der Waals surface area contributed by atoms with E-state index in [0.29, 0.717) is 37.2 Å². The molecule has 3 amide bonds. The fourth-order valence-corrected chi connectivity index (χ4v) is 5.85. The van der Waals surface area contributed by atoms with Crippen LogP contribution in [0.2, 0.25) is 0 Å². The lowest BCUT2D eigenvalue weighted by atomic mass is 9.86. The maximum absolute atomic E-state index is 14.1. The molecule has 1 aliphatic heterocycles. The molecule has 0 bridgehead atoms. The van der Waals surface area contributed by atoms with E-state index in [1.807, 2.05) is 26.0 Å². The molecule has 1 fully saturated rings. The highest BCUT2D eigenvalue weighted by Crippen LogP contribution is 2.33. The predicted molar refractivity (Wildman–Crippen MR) is 151 cm³/mol. The van der Waals surface area contributed by atoms with Crippen molar-refractivity contribution in [1.82, 2.24) is 15.2 Å². The van der Waals surface area contributed by atoms with Gasteiger partial charge in [0.25, 0.3) is 0 Å². The van der Waals surface area contributed by atoms with Crippen LogP contribution >= 0.6 is 0 Å². The number of amides is 3. The zero-order valence-electron chi connectivity index (χ0n) is 23.0. The molecule has 41 heavy (non-hydrogen) atoms. The van der Waals surface area contributed by atoms with Crippen LogP contribution in [0.1, 0.15) is 49.4 Å². The van der Waals surface area contributed by atoms with Crippen LogP contribution in [-0.2, 0) is 27.2 Å². The number of aromatic nitrogens is 1. The Labute approximate surface area is 237 Å². The zero-order chi connectivity index (χ0) is 29.1. The van der Waals surface area contributed by atoms with Gasteiger partial charge >= 0.3 is 0 Å². The van der Waals surface area contributed by atoms with Gasteiger partial charge < -0.3 is 20.9 Å². The summed E-state index contributed by atoms with van der Waals surface area (Å²) in [4.78, 5) is 45.3. The number of hydrogen-bond acceptors (Lipinski definition) is 5. The summed E-state index contributed by atoms with van der Waals surface area (Å²) in [6.45, 7) is 3.76. The Hall–Kier alpha value is -4.18. The molecular formula is C31H33F2N5O3. The molecule has 0 spiro atoms. The van der Waals surface area contributed by atoms with Gasteiger partial charge in [0.15, 0.2) is 0 Å². The van der Waals surface area contributed by atoms with Crippen molar-refractivity contribution in [3.63, 3.8) is 0 Å². The number of halogens is 2. The van der Waals surface area contributed by atoms with Gasteiger partial charge in [0.1, 0.15) is 24.0 Å². The standard InChI is InChI=1S/C31H33F2N5O3/c1-3-31(4-2)30(41)38(26(17-35-31)21-13-23(32)16-24(33)14-21)18-28(39)36-25-9-8-19-11-22(12-20(19)15-25)29(40)37-27-7-5-6-10-34-27/h5-10,13-16,22,26,35H,3-4,11-12,17-18H2,1-2H3,(H,36,39)(H,34,37,40). The smallest absolute Gasteiger partial charge is 0.244 e. The Balaban J connectivity index is 1.29. The molecule has 10 heteroatoms. The van der Waals surface area contributed by atoms with Gasteiger partial charge in [0, 0.05) is 30.4 Å². The van der Waals surface area contributed by atoms with Gasteiger partial charge in [-0.15, -0.1) is 0 Å². The maximum Gasteiger partial charge on any atom is 0.244 e. The van der Waals surface area contributed by atoms with Crippen LogP contribution in [0.5, 0.6) is 0 Å². The Morgan fingerprint density at radius 1 is 1.00 bits per heavy atom. The Morgan fingerprint density at radius 3 is 2.41 bits per heavy atom. The Morgan fingerprint density at radius 2 is 1.73 bits per heavy atom. The van der Waals surface area contributed by atoms with Gasteiger partial charge in [0.05, 0.1) is 11.6 Å². The first kappa shape index (κ1) is 28.4. The summed E-state index contributed by atoms with van der Waals surface area (Å²) in [7, 11) is 0. The Kier molecular flexibility index (Phi) is 8.12. The summed E-state index contributed by atoms with van der Waals surface area (Å²) in [5.41, 5.74) is 1.97. The van der Waals surface area contributed by atoms with E-state index < -0.39 is 29.1 Å². The minimum absolute atomic E-state index is 0.113. The van der Waals surface area contributed by atoms with E-state index in [0.717, 1.165) is 17.2 Å². The van der Waals surface area contributed by atoms with E-state index in [1.165, 1.54) is 17.0 Å². The van der Waals surface area contributed by atoms with Crippen molar-refractivity contribution in [3.8, 4) is 0 Å². The van der Waals surface area contributed by atoms with Gasteiger partial charge in [-0.05, 0) is 78.8 Å². The summed E-state index contributed by atoms with van der Waals surface area (Å²) >= 11 is 0. The first-order chi connectivity index (χ1) is 19.7. The summed E-state index contributed by atoms with van der Waals surface area (Å²) in [6.07, 6.45) is 3.73. The minimum atomic E-state index is -0.860. The molecule has 2 aliphatic rings. The second kappa shape index (κ2) is 11.7. The van der Waals surface area contributed by atoms with E-state index in [-0.39, 0.29) is 36.4 Å². The highest BCUT2D eigenvalue weighted by molar-refractivity contribution is 5.97. The first-order valence-electron chi connectivity index (χ1n) is 13.9. The molecule has 1 saturated heterocycles. The number of hydrogen-bond donors (Lipinski definition) is 3. The number of anilines is 2. The third-order valence-electron chi connectivity index (χ3n) is 8.18. The van der Waals surface area contributed by atoms with Crippen LogP contribution in [0, 0.1) is 17.6 Å². The van der Waals surface area contributed by atoms with Gasteiger partial charge in [-0.1, -0.05) is 26.0 Å². The van der Waals surface area contributed by atoms with Gasteiger partial charge in [-0.2, -0.15) is 0 Å². The fourth-order valence-electron chi connectivity index (χ4n) is 5.85. The van der Waals surface area contributed by atoms with E-state index in [2.05, 4.69) is 20.9 Å². The normalized spacial score (nSPS) is 19.5. The number of nitrogens with one attached hydrogen (secondary N) is 3. The highest BCUT2D eigenvalue weighted by Gasteiger charge is 2.45. The number of piperazine rings is 1. The summed E-state index contributed by atoms with van der Waals surface area (Å²) in [5.74, 6) is -2.06. The molecule has 0 saturated carbocycles. The van der Waals surface area contributed by atoms with Crippen LogP contribution < -0.4 is 16.0 Å². The SMILES string of the molecule is CCC1(CC)NCC(c2cc(F)cc(F)c2)N(CC(=O)Nc2ccc3c(c2)CC(C(=O)Nc2ccccn2)C3)C1=O. The van der Waals surface area contributed by atoms with Crippen LogP contribution in [0.4, 0.5) is 20.3 Å². The number of benzene rings is 2. The second-order valence-electron chi connectivity index (χ2n) is 10.7. The molecule has 2 heterocycles. The molecule has 2 atom stereocenters. The van der Waals surface area contributed by atoms with Crippen LogP contribution in [-0.4, -0.2) is 46.2 Å². The van der Waals surface area contributed by atoms with Crippen LogP contribution in [0.3, 0.4) is 0 Å². The van der Waals surface area contributed by atoms with Crippen LogP contribution in [0.15, 0.2) is 60.8 Å². The zero-order valence-corrected chi connectivity index (χ0v) is 23.0. The molecule has 3 aromatic rings. The first-order valence-corrected chi connectivity index (χ1v) is 13.9. The second-order valence-corrected chi connectivity index (χ2v) is 10.7. The molecule has 2 unspecified atom stereocenters. The third-order valence-corrected chi connectivity index (χ3v) is 8.18. The quantitative estimate of drug-likeness (QED) is 0.379. The van der Waals surface area contributed by atoms with Crippen molar-refractivity contribution in [3.05, 3.63) is 89.1 Å². The van der Waals surface area contributed by atoms with Crippen molar-refractivity contribution in [2.45, 2.75) is 51.1 Å².